The van der Waals surface area contributed by atoms with Crippen LogP contribution in [0, 0.1) is 12.7 Å². The van der Waals surface area contributed by atoms with Gasteiger partial charge in [-0.25, -0.2) is 9.07 Å². The minimum Gasteiger partial charge on any atom is -0.491 e. The number of amides is 1. The van der Waals surface area contributed by atoms with Crippen molar-refractivity contribution in [2.24, 2.45) is 0 Å². The van der Waals surface area contributed by atoms with Gasteiger partial charge in [-0.2, -0.15) is 5.10 Å². The normalized spacial score (nSPS) is 10.8. The molecule has 0 atom stereocenters. The molecular weight excluding hydrogens is 333 g/mol. The molecule has 1 heterocycles. The van der Waals surface area contributed by atoms with Gasteiger partial charge in [-0.3, -0.25) is 4.79 Å². The zero-order chi connectivity index (χ0) is 18.7. The molecule has 1 amide bonds. The van der Waals surface area contributed by atoms with Gasteiger partial charge in [-0.1, -0.05) is 6.07 Å². The summed E-state index contributed by atoms with van der Waals surface area (Å²) in [5.41, 5.74) is 2.37. The Morgan fingerprint density at radius 3 is 2.69 bits per heavy atom. The van der Waals surface area contributed by atoms with Crippen molar-refractivity contribution < 1.29 is 13.9 Å². The zero-order valence-electron chi connectivity index (χ0n) is 14.9. The quantitative estimate of drug-likeness (QED) is 0.741. The highest BCUT2D eigenvalue weighted by Crippen LogP contribution is 2.22. The number of halogens is 1. The summed E-state index contributed by atoms with van der Waals surface area (Å²) in [4.78, 5) is 12.4. The van der Waals surface area contributed by atoms with Crippen molar-refractivity contribution >= 4 is 11.6 Å². The number of ether oxygens (including phenoxy) is 1. The van der Waals surface area contributed by atoms with Crippen LogP contribution in [0.25, 0.3) is 5.69 Å². The standard InChI is InChI=1S/C20H20FN3O2/c1-13(2)26-17-7-8-18(14(3)11-17)22-20(25)19-9-10-24(23-19)16-6-4-5-15(21)12-16/h4-13H,1-3H3,(H,22,25). The second-order valence-corrected chi connectivity index (χ2v) is 6.22. The highest BCUT2D eigenvalue weighted by atomic mass is 19.1. The zero-order valence-corrected chi connectivity index (χ0v) is 14.9. The van der Waals surface area contributed by atoms with E-state index in [-0.39, 0.29) is 23.5 Å². The van der Waals surface area contributed by atoms with Gasteiger partial charge in [-0.15, -0.1) is 0 Å². The minimum absolute atomic E-state index is 0.0848. The van der Waals surface area contributed by atoms with Gasteiger partial charge < -0.3 is 10.1 Å². The fraction of sp³-hybridized carbons (Fsp3) is 0.200. The van der Waals surface area contributed by atoms with Gasteiger partial charge in [0, 0.05) is 11.9 Å². The number of nitrogens with one attached hydrogen (secondary N) is 1. The van der Waals surface area contributed by atoms with Crippen molar-refractivity contribution in [3.8, 4) is 11.4 Å². The van der Waals surface area contributed by atoms with E-state index in [0.29, 0.717) is 11.4 Å². The van der Waals surface area contributed by atoms with Crippen LogP contribution in [0.3, 0.4) is 0 Å². The predicted molar refractivity (Wildman–Crippen MR) is 98.4 cm³/mol. The van der Waals surface area contributed by atoms with E-state index in [1.54, 1.807) is 30.5 Å². The van der Waals surface area contributed by atoms with Crippen molar-refractivity contribution in [1.29, 1.82) is 0 Å². The Labute approximate surface area is 151 Å². The number of benzene rings is 2. The molecule has 1 N–H and O–H groups in total. The summed E-state index contributed by atoms with van der Waals surface area (Å²) in [6.07, 6.45) is 1.71. The molecule has 0 aliphatic carbocycles. The van der Waals surface area contributed by atoms with Gasteiger partial charge in [0.25, 0.3) is 5.91 Å². The van der Waals surface area contributed by atoms with Crippen LogP contribution in [0.2, 0.25) is 0 Å². The lowest BCUT2D eigenvalue weighted by Crippen LogP contribution is -2.14. The number of aryl methyl sites for hydroxylation is 1. The molecule has 0 aliphatic heterocycles. The molecule has 2 aromatic carbocycles. The Balaban J connectivity index is 1.75. The van der Waals surface area contributed by atoms with Gasteiger partial charge in [0.2, 0.25) is 0 Å². The van der Waals surface area contributed by atoms with E-state index in [0.717, 1.165) is 11.3 Å². The van der Waals surface area contributed by atoms with E-state index in [2.05, 4.69) is 10.4 Å². The van der Waals surface area contributed by atoms with E-state index in [1.807, 2.05) is 32.9 Å². The lowest BCUT2D eigenvalue weighted by Gasteiger charge is -2.13. The van der Waals surface area contributed by atoms with Gasteiger partial charge in [-0.05, 0) is 68.8 Å². The monoisotopic (exact) mass is 353 g/mol. The Bertz CT molecular complexity index is 934. The summed E-state index contributed by atoms with van der Waals surface area (Å²) in [5, 5.41) is 7.06. The fourth-order valence-electron chi connectivity index (χ4n) is 2.52. The topological polar surface area (TPSA) is 56.1 Å². The first-order valence-corrected chi connectivity index (χ1v) is 8.32. The average Bonchev–Trinajstić information content (AvgIpc) is 3.07. The van der Waals surface area contributed by atoms with Crippen molar-refractivity contribution in [1.82, 2.24) is 9.78 Å². The lowest BCUT2D eigenvalue weighted by atomic mass is 10.2. The smallest absolute Gasteiger partial charge is 0.276 e. The Morgan fingerprint density at radius 2 is 2.00 bits per heavy atom. The van der Waals surface area contributed by atoms with Crippen LogP contribution in [-0.2, 0) is 0 Å². The van der Waals surface area contributed by atoms with E-state index in [9.17, 15) is 9.18 Å². The van der Waals surface area contributed by atoms with Crippen molar-refractivity contribution in [2.75, 3.05) is 5.32 Å². The van der Waals surface area contributed by atoms with Crippen molar-refractivity contribution in [2.45, 2.75) is 26.9 Å². The number of anilines is 1. The van der Waals surface area contributed by atoms with Crippen LogP contribution in [0.5, 0.6) is 5.75 Å². The molecular formula is C20H20FN3O2. The van der Waals surface area contributed by atoms with E-state index >= 15 is 0 Å². The number of hydrogen-bond acceptors (Lipinski definition) is 3. The van der Waals surface area contributed by atoms with Crippen LogP contribution in [0.15, 0.2) is 54.7 Å². The fourth-order valence-corrected chi connectivity index (χ4v) is 2.52. The lowest BCUT2D eigenvalue weighted by molar-refractivity contribution is 0.102. The molecule has 0 saturated carbocycles. The molecule has 0 radical (unpaired) electrons. The molecule has 134 valence electrons. The third kappa shape index (κ3) is 4.08. The summed E-state index contributed by atoms with van der Waals surface area (Å²) in [6.45, 7) is 5.81. The molecule has 0 aliphatic rings. The SMILES string of the molecule is Cc1cc(OC(C)C)ccc1NC(=O)c1ccn(-c2cccc(F)c2)n1. The first kappa shape index (κ1) is 17.7. The maximum absolute atomic E-state index is 13.3. The Morgan fingerprint density at radius 1 is 1.19 bits per heavy atom. The number of carbonyl (C=O) groups excluding carboxylic acids is 1. The maximum atomic E-state index is 13.3. The van der Waals surface area contributed by atoms with Gasteiger partial charge in [0.1, 0.15) is 11.6 Å². The first-order valence-electron chi connectivity index (χ1n) is 8.32. The van der Waals surface area contributed by atoms with Crippen LogP contribution in [0.1, 0.15) is 29.9 Å². The van der Waals surface area contributed by atoms with Gasteiger partial charge in [0.15, 0.2) is 5.69 Å². The third-order valence-electron chi connectivity index (χ3n) is 3.71. The molecule has 3 rings (SSSR count). The number of aromatic nitrogens is 2. The van der Waals surface area contributed by atoms with Gasteiger partial charge in [0.05, 0.1) is 11.8 Å². The van der Waals surface area contributed by atoms with Gasteiger partial charge >= 0.3 is 0 Å². The molecule has 3 aromatic rings. The largest absolute Gasteiger partial charge is 0.491 e. The molecule has 0 fully saturated rings. The van der Waals surface area contributed by atoms with Crippen molar-refractivity contribution in [3.05, 3.63) is 71.8 Å². The summed E-state index contributed by atoms with van der Waals surface area (Å²) >= 11 is 0. The molecule has 0 unspecified atom stereocenters. The van der Waals surface area contributed by atoms with Crippen LogP contribution in [-0.4, -0.2) is 21.8 Å². The maximum Gasteiger partial charge on any atom is 0.276 e. The van der Waals surface area contributed by atoms with Crippen LogP contribution in [0.4, 0.5) is 10.1 Å². The molecule has 0 spiro atoms. The first-order chi connectivity index (χ1) is 12.4. The predicted octanol–water partition coefficient (Wildman–Crippen LogP) is 4.36. The summed E-state index contributed by atoms with van der Waals surface area (Å²) in [6, 6.07) is 13.1. The number of nitrogens with zero attached hydrogens (tertiary/aromatic N) is 2. The molecule has 0 bridgehead atoms. The molecule has 1 aromatic heterocycles. The van der Waals surface area contributed by atoms with Crippen LogP contribution >= 0.6 is 0 Å². The number of hydrogen-bond donors (Lipinski definition) is 1. The second-order valence-electron chi connectivity index (χ2n) is 6.22. The van der Waals surface area contributed by atoms with E-state index < -0.39 is 0 Å². The Hall–Kier alpha value is -3.15. The average molecular weight is 353 g/mol. The molecule has 0 saturated heterocycles. The van der Waals surface area contributed by atoms with E-state index in [4.69, 9.17) is 4.74 Å². The summed E-state index contributed by atoms with van der Waals surface area (Å²) in [7, 11) is 0. The number of rotatable bonds is 5. The Kier molecular flexibility index (Phi) is 5.02. The molecule has 26 heavy (non-hydrogen) atoms. The second kappa shape index (κ2) is 7.39. The highest BCUT2D eigenvalue weighted by Gasteiger charge is 2.12. The van der Waals surface area contributed by atoms with Crippen LogP contribution < -0.4 is 10.1 Å². The van der Waals surface area contributed by atoms with E-state index in [1.165, 1.54) is 16.8 Å². The number of carbonyl (C=O) groups is 1. The minimum atomic E-state index is -0.358. The molecule has 6 heteroatoms. The summed E-state index contributed by atoms with van der Waals surface area (Å²) < 4.78 is 20.4. The highest BCUT2D eigenvalue weighted by molar-refractivity contribution is 6.03. The summed E-state index contributed by atoms with van der Waals surface area (Å²) in [5.74, 6) is 0.0648. The third-order valence-corrected chi connectivity index (χ3v) is 3.71. The molecule has 5 nitrogen and oxygen atoms in total. The van der Waals surface area contributed by atoms with Crippen molar-refractivity contribution in [3.63, 3.8) is 0 Å².